The van der Waals surface area contributed by atoms with Crippen LogP contribution in [0.25, 0.3) is 0 Å². The van der Waals surface area contributed by atoms with E-state index in [1.54, 1.807) is 6.07 Å². The molecule has 5 nitrogen and oxygen atoms in total. The lowest BCUT2D eigenvalue weighted by Crippen LogP contribution is -2.54. The highest BCUT2D eigenvalue weighted by Gasteiger charge is 2.38. The van der Waals surface area contributed by atoms with Crippen LogP contribution in [0.2, 0.25) is 0 Å². The molecule has 1 aromatic carbocycles. The molecule has 3 heterocycles. The smallest absolute Gasteiger partial charge is 0.370 e. The number of halogens is 3. The molecule has 4 aliphatic rings. The van der Waals surface area contributed by atoms with Crippen molar-refractivity contribution in [3.8, 4) is 0 Å². The molecule has 3 saturated heterocycles. The third kappa shape index (κ3) is 5.05. The van der Waals surface area contributed by atoms with Crippen LogP contribution in [0, 0.1) is 11.8 Å². The predicted octanol–water partition coefficient (Wildman–Crippen LogP) is 4.64. The van der Waals surface area contributed by atoms with E-state index in [1.807, 2.05) is 9.80 Å². The molecule has 1 aromatic rings. The Kier molecular flexibility index (Phi) is 6.14. The van der Waals surface area contributed by atoms with Gasteiger partial charge in [-0.05, 0) is 73.6 Å². The summed E-state index contributed by atoms with van der Waals surface area (Å²) in [7, 11) is 0. The van der Waals surface area contributed by atoms with E-state index in [9.17, 15) is 22.8 Å². The van der Waals surface area contributed by atoms with Gasteiger partial charge in [-0.25, -0.2) is 4.79 Å². The maximum atomic E-state index is 13.2. The summed E-state index contributed by atoms with van der Waals surface area (Å²) in [5, 5.41) is 0. The highest BCUT2D eigenvalue weighted by Crippen LogP contribution is 2.44. The van der Waals surface area contributed by atoms with Gasteiger partial charge in [0.1, 0.15) is 6.61 Å². The van der Waals surface area contributed by atoms with Crippen molar-refractivity contribution in [3.63, 3.8) is 0 Å². The summed E-state index contributed by atoms with van der Waals surface area (Å²) in [5.41, 5.74) is 1.36. The van der Waals surface area contributed by atoms with Crippen molar-refractivity contribution in [2.75, 3.05) is 32.8 Å². The largest absolute Gasteiger partial charge is 0.416 e. The number of hydrogen-bond acceptors (Lipinski definition) is 3. The first kappa shape index (κ1) is 22.7. The molecule has 1 aliphatic carbocycles. The van der Waals surface area contributed by atoms with Gasteiger partial charge >= 0.3 is 12.2 Å². The normalized spacial score (nSPS) is 26.9. The number of carbonyl (C=O) groups is 2. The summed E-state index contributed by atoms with van der Waals surface area (Å²) in [4.78, 5) is 28.6. The van der Waals surface area contributed by atoms with Gasteiger partial charge in [-0.1, -0.05) is 6.07 Å². The number of fused-ring (bicyclic) bond motifs is 1. The number of amides is 2. The molecule has 0 unspecified atom stereocenters. The van der Waals surface area contributed by atoms with Gasteiger partial charge in [0.15, 0.2) is 5.78 Å². The zero-order valence-electron chi connectivity index (χ0n) is 18.8. The van der Waals surface area contributed by atoms with Gasteiger partial charge in [-0.15, -0.1) is 0 Å². The van der Waals surface area contributed by atoms with E-state index in [-0.39, 0.29) is 36.4 Å². The average molecular weight is 465 g/mol. The maximum Gasteiger partial charge on any atom is 0.416 e. The second-order valence-corrected chi connectivity index (χ2v) is 10.2. The SMILES string of the molecule is O=C1CO[C@H]2CCN(C(=O)N3CCC(Cc4ccc(C(F)(F)F)cc4C4CC4)CC3)C[C@H]2C1. The van der Waals surface area contributed by atoms with E-state index in [1.165, 1.54) is 12.1 Å². The summed E-state index contributed by atoms with van der Waals surface area (Å²) in [5.74, 6) is 0.850. The zero-order valence-corrected chi connectivity index (χ0v) is 18.8. The number of nitrogens with zero attached hydrogens (tertiary/aromatic N) is 2. The van der Waals surface area contributed by atoms with Crippen molar-refractivity contribution in [1.82, 2.24) is 9.80 Å². The van der Waals surface area contributed by atoms with Gasteiger partial charge in [0.25, 0.3) is 0 Å². The molecule has 1 saturated carbocycles. The van der Waals surface area contributed by atoms with Crippen molar-refractivity contribution in [2.24, 2.45) is 11.8 Å². The van der Waals surface area contributed by atoms with Crippen LogP contribution in [0.5, 0.6) is 0 Å². The van der Waals surface area contributed by atoms with Gasteiger partial charge in [-0.2, -0.15) is 13.2 Å². The first-order valence-corrected chi connectivity index (χ1v) is 12.1. The molecule has 180 valence electrons. The standard InChI is InChI=1S/C25H31F3N2O3/c26-25(27,28)20-4-3-18(22(13-20)17-1-2-17)11-16-5-8-29(9-6-16)24(32)30-10-7-23-19(14-30)12-21(31)15-33-23/h3-4,13,16-17,19,23H,1-2,5-12,14-15H2/t19-,23+/m1/s1. The molecule has 2 atom stereocenters. The lowest BCUT2D eigenvalue weighted by atomic mass is 9.86. The lowest BCUT2D eigenvalue weighted by Gasteiger charge is -2.43. The molecular formula is C25H31F3N2O3. The first-order chi connectivity index (χ1) is 15.8. The number of piperidine rings is 2. The minimum atomic E-state index is -4.31. The summed E-state index contributed by atoms with van der Waals surface area (Å²) in [6, 6.07) is 4.28. The number of carbonyl (C=O) groups excluding carboxylic acids is 2. The van der Waals surface area contributed by atoms with E-state index < -0.39 is 11.7 Å². The molecule has 0 radical (unpaired) electrons. The summed E-state index contributed by atoms with van der Waals surface area (Å²) in [6.45, 7) is 2.77. The molecule has 3 aliphatic heterocycles. The van der Waals surface area contributed by atoms with Crippen LogP contribution in [0.3, 0.4) is 0 Å². The number of rotatable bonds is 3. The minimum Gasteiger partial charge on any atom is -0.370 e. The number of urea groups is 1. The molecule has 5 rings (SSSR count). The molecule has 0 bridgehead atoms. The van der Waals surface area contributed by atoms with Crippen LogP contribution in [-0.2, 0) is 22.1 Å². The number of ether oxygens (including phenoxy) is 1. The third-order valence-electron chi connectivity index (χ3n) is 7.77. The Balaban J connectivity index is 1.16. The fourth-order valence-electron chi connectivity index (χ4n) is 5.72. The molecule has 4 fully saturated rings. The van der Waals surface area contributed by atoms with Crippen LogP contribution >= 0.6 is 0 Å². The highest BCUT2D eigenvalue weighted by atomic mass is 19.4. The zero-order chi connectivity index (χ0) is 23.2. The van der Waals surface area contributed by atoms with E-state index in [0.29, 0.717) is 38.5 Å². The van der Waals surface area contributed by atoms with Crippen LogP contribution in [0.1, 0.15) is 61.1 Å². The monoisotopic (exact) mass is 464 g/mol. The van der Waals surface area contributed by atoms with Crippen molar-refractivity contribution < 1.29 is 27.5 Å². The Labute approximate surface area is 192 Å². The van der Waals surface area contributed by atoms with Crippen LogP contribution < -0.4 is 0 Å². The van der Waals surface area contributed by atoms with Gasteiger partial charge in [-0.3, -0.25) is 4.79 Å². The lowest BCUT2D eigenvalue weighted by molar-refractivity contribution is -0.140. The minimum absolute atomic E-state index is 0.0399. The van der Waals surface area contributed by atoms with Crippen LogP contribution in [-0.4, -0.2) is 60.5 Å². The molecule has 8 heteroatoms. The molecule has 0 aromatic heterocycles. The Morgan fingerprint density at radius 1 is 1.03 bits per heavy atom. The molecule has 2 amide bonds. The Morgan fingerprint density at radius 2 is 1.76 bits per heavy atom. The molecule has 0 spiro atoms. The van der Waals surface area contributed by atoms with Crippen molar-refractivity contribution in [3.05, 3.63) is 34.9 Å². The number of hydrogen-bond donors (Lipinski definition) is 0. The molecule has 33 heavy (non-hydrogen) atoms. The summed E-state index contributed by atoms with van der Waals surface area (Å²) in [6.07, 6.45) is 1.48. The molecular weight excluding hydrogens is 433 g/mol. The first-order valence-electron chi connectivity index (χ1n) is 12.1. The van der Waals surface area contributed by atoms with Gasteiger partial charge < -0.3 is 14.5 Å². The van der Waals surface area contributed by atoms with Crippen LogP contribution in [0.15, 0.2) is 18.2 Å². The maximum absolute atomic E-state index is 13.2. The topological polar surface area (TPSA) is 49.9 Å². The number of alkyl halides is 3. The Morgan fingerprint density at radius 3 is 2.45 bits per heavy atom. The van der Waals surface area contributed by atoms with E-state index in [0.717, 1.165) is 49.7 Å². The number of benzene rings is 1. The van der Waals surface area contributed by atoms with E-state index >= 15 is 0 Å². The van der Waals surface area contributed by atoms with Gasteiger partial charge in [0.05, 0.1) is 11.7 Å². The third-order valence-corrected chi connectivity index (χ3v) is 7.77. The predicted molar refractivity (Wildman–Crippen MR) is 116 cm³/mol. The summed E-state index contributed by atoms with van der Waals surface area (Å²) >= 11 is 0. The molecule has 0 N–H and O–H groups in total. The van der Waals surface area contributed by atoms with Crippen LogP contribution in [0.4, 0.5) is 18.0 Å². The second kappa shape index (κ2) is 8.93. The number of likely N-dealkylation sites (tertiary alicyclic amines) is 2. The Hall–Kier alpha value is -2.09. The number of ketones is 1. The fraction of sp³-hybridized carbons (Fsp3) is 0.680. The fourth-order valence-corrected chi connectivity index (χ4v) is 5.72. The van der Waals surface area contributed by atoms with Crippen molar-refractivity contribution in [1.29, 1.82) is 0 Å². The number of Topliss-reactive ketones (excluding diaryl/α,β-unsaturated/α-hetero) is 1. The quantitative estimate of drug-likeness (QED) is 0.655. The summed E-state index contributed by atoms with van der Waals surface area (Å²) < 4.78 is 45.1. The van der Waals surface area contributed by atoms with Crippen molar-refractivity contribution >= 4 is 11.8 Å². The van der Waals surface area contributed by atoms with Gasteiger partial charge in [0.2, 0.25) is 0 Å². The Bertz CT molecular complexity index is 907. The second-order valence-electron chi connectivity index (χ2n) is 10.2. The van der Waals surface area contributed by atoms with Gasteiger partial charge in [0, 0.05) is 38.5 Å². The average Bonchev–Trinajstić information content (AvgIpc) is 3.63. The van der Waals surface area contributed by atoms with E-state index in [4.69, 9.17) is 4.74 Å². The highest BCUT2D eigenvalue weighted by molar-refractivity contribution is 5.81. The van der Waals surface area contributed by atoms with E-state index in [2.05, 4.69) is 0 Å². The van der Waals surface area contributed by atoms with Crippen molar-refractivity contribution in [2.45, 2.75) is 63.1 Å².